The van der Waals surface area contributed by atoms with Gasteiger partial charge in [-0.1, -0.05) is 11.3 Å². The number of aliphatic hydroxyl groups excluding tert-OH is 1. The minimum absolute atomic E-state index is 0. The average molecular weight is 363 g/mol. The number of anilines is 1. The minimum Gasteiger partial charge on any atom is -0.442 e. The van der Waals surface area contributed by atoms with E-state index in [2.05, 4.69) is 10.3 Å². The summed E-state index contributed by atoms with van der Waals surface area (Å²) in [6.07, 6.45) is 0. The summed E-state index contributed by atoms with van der Waals surface area (Å²) in [6, 6.07) is 2.90. The van der Waals surface area contributed by atoms with Gasteiger partial charge in [-0.25, -0.2) is 13.4 Å². The highest BCUT2D eigenvalue weighted by Crippen LogP contribution is 2.35. The highest BCUT2D eigenvalue weighted by atomic mass is 32.2. The molecule has 0 bridgehead atoms. The quantitative estimate of drug-likeness (QED) is 0.809. The number of likely N-dealkylation sites (N-methyl/N-ethyl adjacent to an activating group) is 1. The van der Waals surface area contributed by atoms with Gasteiger partial charge in [0.15, 0.2) is 5.13 Å². The van der Waals surface area contributed by atoms with Crippen molar-refractivity contribution in [1.82, 2.24) is 9.29 Å². The number of aryl methyl sites for hydroxylation is 1. The molecule has 0 spiro atoms. The fraction of sp³-hybridized carbons (Fsp3) is 0.385. The van der Waals surface area contributed by atoms with Crippen molar-refractivity contribution in [1.29, 1.82) is 0 Å². The van der Waals surface area contributed by atoms with Gasteiger partial charge >= 0.3 is 0 Å². The Balaban J connectivity index is 0.00000288. The van der Waals surface area contributed by atoms with Crippen LogP contribution in [0.1, 0.15) is 15.5 Å². The van der Waals surface area contributed by atoms with Crippen molar-refractivity contribution in [3.8, 4) is 10.6 Å². The summed E-state index contributed by atoms with van der Waals surface area (Å²) in [7, 11) is -2.43. The molecule has 0 atom stereocenters. The second-order valence-electron chi connectivity index (χ2n) is 4.78. The van der Waals surface area contributed by atoms with Gasteiger partial charge < -0.3 is 14.8 Å². The Morgan fingerprint density at radius 3 is 2.83 bits per heavy atom. The van der Waals surface area contributed by atoms with E-state index in [4.69, 9.17) is 9.52 Å². The van der Waals surface area contributed by atoms with Crippen molar-refractivity contribution in [3.63, 3.8) is 0 Å². The molecule has 0 saturated carbocycles. The number of thiazole rings is 1. The van der Waals surface area contributed by atoms with E-state index in [-0.39, 0.29) is 27.0 Å². The molecular formula is C13H21N3O5S2. The number of aliphatic hydroxyl groups is 1. The first-order chi connectivity index (χ1) is 10.8. The van der Waals surface area contributed by atoms with Crippen LogP contribution in [-0.4, -0.2) is 48.9 Å². The van der Waals surface area contributed by atoms with Gasteiger partial charge in [-0.3, -0.25) is 4.79 Å². The summed E-state index contributed by atoms with van der Waals surface area (Å²) in [6.45, 7) is 2.82. The van der Waals surface area contributed by atoms with Crippen LogP contribution in [-0.2, 0) is 14.8 Å². The number of hydrogen-bond acceptors (Lipinski definition) is 7. The van der Waals surface area contributed by atoms with Crippen LogP contribution in [0.4, 0.5) is 5.13 Å². The van der Waals surface area contributed by atoms with Crippen LogP contribution < -0.4 is 5.32 Å². The monoisotopic (exact) mass is 363 g/mol. The van der Waals surface area contributed by atoms with E-state index >= 15 is 0 Å². The molecule has 0 aromatic carbocycles. The second kappa shape index (κ2) is 6.79. The van der Waals surface area contributed by atoms with Crippen molar-refractivity contribution >= 4 is 32.4 Å². The molecule has 130 valence electrons. The Hall–Kier alpha value is -1.75. The lowest BCUT2D eigenvalue weighted by Gasteiger charge is -2.13. The number of rotatable bonds is 6. The first-order valence-corrected chi connectivity index (χ1v) is 8.93. The third kappa shape index (κ3) is 3.78. The Morgan fingerprint density at radius 2 is 2.22 bits per heavy atom. The second-order valence-corrected chi connectivity index (χ2v) is 7.76. The summed E-state index contributed by atoms with van der Waals surface area (Å²) < 4.78 is 31.0. The smallest absolute Gasteiger partial charge is 0.276 e. The summed E-state index contributed by atoms with van der Waals surface area (Å²) in [5, 5.41) is 11.7. The Morgan fingerprint density at radius 1 is 1.52 bits per heavy atom. The molecule has 23 heavy (non-hydrogen) atoms. The van der Waals surface area contributed by atoms with Gasteiger partial charge in [-0.15, -0.1) is 0 Å². The fourth-order valence-electron chi connectivity index (χ4n) is 1.82. The van der Waals surface area contributed by atoms with Gasteiger partial charge in [-0.2, -0.15) is 4.31 Å². The zero-order valence-corrected chi connectivity index (χ0v) is 14.5. The maximum absolute atomic E-state index is 12.3. The van der Waals surface area contributed by atoms with E-state index in [0.29, 0.717) is 21.5 Å². The van der Waals surface area contributed by atoms with Gasteiger partial charge in [0.25, 0.3) is 10.0 Å². The van der Waals surface area contributed by atoms with Crippen LogP contribution in [0.25, 0.3) is 10.6 Å². The molecule has 0 radical (unpaired) electrons. The maximum Gasteiger partial charge on any atom is 0.276 e. The van der Waals surface area contributed by atoms with Gasteiger partial charge in [-0.05, 0) is 19.1 Å². The van der Waals surface area contributed by atoms with Crippen LogP contribution >= 0.6 is 11.3 Å². The molecule has 0 aliphatic rings. The summed E-state index contributed by atoms with van der Waals surface area (Å²) in [5.41, 5.74) is 0.626. The molecule has 2 N–H and O–H groups in total. The lowest BCUT2D eigenvalue weighted by atomic mass is 10.3. The van der Waals surface area contributed by atoms with Crippen molar-refractivity contribution in [2.24, 2.45) is 0 Å². The van der Waals surface area contributed by atoms with E-state index in [9.17, 15) is 13.2 Å². The normalized spacial score (nSPS) is 11.9. The number of hydrogen-bond donors (Lipinski definition) is 2. The summed E-state index contributed by atoms with van der Waals surface area (Å²) >= 11 is 1.20. The molecule has 2 aromatic heterocycles. The van der Waals surface area contributed by atoms with Crippen LogP contribution in [0, 0.1) is 6.92 Å². The zero-order valence-electron chi connectivity index (χ0n) is 12.9. The van der Waals surface area contributed by atoms with E-state index < -0.39 is 10.0 Å². The molecule has 2 heterocycles. The minimum atomic E-state index is -3.79. The van der Waals surface area contributed by atoms with Crippen LogP contribution in [0.3, 0.4) is 0 Å². The number of furan rings is 1. The Bertz CT molecular complexity index is 819. The largest absolute Gasteiger partial charge is 0.442 e. The lowest BCUT2D eigenvalue weighted by molar-refractivity contribution is -0.114. The number of nitrogens with one attached hydrogen (secondary N) is 1. The molecule has 1 amide bonds. The number of sulfonamides is 1. The molecule has 0 fully saturated rings. The SMILES string of the molecule is CC(=O)Nc1nc(C)c(-c2ccc(S(=O)(=O)N(C)CCO)o2)s1.[HH].[HH]. The zero-order chi connectivity index (χ0) is 17.2. The van der Waals surface area contributed by atoms with E-state index in [1.54, 1.807) is 6.92 Å². The average Bonchev–Trinajstić information content (AvgIpc) is 3.05. The molecule has 0 aliphatic carbocycles. The lowest BCUT2D eigenvalue weighted by Crippen LogP contribution is -2.29. The van der Waals surface area contributed by atoms with Gasteiger partial charge in [0.2, 0.25) is 11.0 Å². The van der Waals surface area contributed by atoms with E-state index in [1.165, 1.54) is 37.4 Å². The Labute approximate surface area is 140 Å². The molecule has 0 unspecified atom stereocenters. The summed E-state index contributed by atoms with van der Waals surface area (Å²) in [5.74, 6) is 0.117. The Kier molecular flexibility index (Phi) is 5.19. The molecular weight excluding hydrogens is 342 g/mol. The molecule has 2 aromatic rings. The van der Waals surface area contributed by atoms with Crippen LogP contribution in [0.2, 0.25) is 0 Å². The predicted molar refractivity (Wildman–Crippen MR) is 90.0 cm³/mol. The number of amides is 1. The highest BCUT2D eigenvalue weighted by molar-refractivity contribution is 7.89. The molecule has 0 saturated heterocycles. The third-order valence-electron chi connectivity index (χ3n) is 2.96. The molecule has 2 rings (SSSR count). The van der Waals surface area contributed by atoms with Crippen LogP contribution in [0.15, 0.2) is 21.6 Å². The van der Waals surface area contributed by atoms with Crippen LogP contribution in [0.5, 0.6) is 0 Å². The van der Waals surface area contributed by atoms with Crippen molar-refractivity contribution in [2.45, 2.75) is 18.9 Å². The van der Waals surface area contributed by atoms with Crippen molar-refractivity contribution < 1.29 is 25.6 Å². The molecule has 8 nitrogen and oxygen atoms in total. The topological polar surface area (TPSA) is 113 Å². The third-order valence-corrected chi connectivity index (χ3v) is 5.78. The van der Waals surface area contributed by atoms with Crippen molar-refractivity contribution in [2.75, 3.05) is 25.5 Å². The number of nitrogens with zero attached hydrogens (tertiary/aromatic N) is 2. The van der Waals surface area contributed by atoms with Crippen molar-refractivity contribution in [3.05, 3.63) is 17.8 Å². The summed E-state index contributed by atoms with van der Waals surface area (Å²) in [4.78, 5) is 15.9. The van der Waals surface area contributed by atoms with Gasteiger partial charge in [0, 0.05) is 23.4 Å². The maximum atomic E-state index is 12.3. The van der Waals surface area contributed by atoms with E-state index in [1.807, 2.05) is 0 Å². The van der Waals surface area contributed by atoms with E-state index in [0.717, 1.165) is 4.31 Å². The molecule has 0 aliphatic heterocycles. The number of carbonyl (C=O) groups excluding carboxylic acids is 1. The first-order valence-electron chi connectivity index (χ1n) is 6.68. The highest BCUT2D eigenvalue weighted by Gasteiger charge is 2.25. The number of carbonyl (C=O) groups is 1. The number of aromatic nitrogens is 1. The molecule has 10 heteroatoms. The van der Waals surface area contributed by atoms with Gasteiger partial charge in [0.05, 0.1) is 17.2 Å². The van der Waals surface area contributed by atoms with Gasteiger partial charge in [0.1, 0.15) is 5.76 Å². The fourth-order valence-corrected chi connectivity index (χ4v) is 3.86. The standard InChI is InChI=1S/C13H17N3O5S2.2H2/c1-8-12(22-13(14-8)15-9(2)18)10-4-5-11(21-10)23(19,20)16(3)6-7-17;;/h4-5,17H,6-7H2,1-3H3,(H,14,15,18);2*1H. The first kappa shape index (κ1) is 17.6. The predicted octanol–water partition coefficient (Wildman–Crippen LogP) is 1.77.